The van der Waals surface area contributed by atoms with E-state index in [9.17, 15) is 18.8 Å². The van der Waals surface area contributed by atoms with Gasteiger partial charge in [-0.3, -0.25) is 10.1 Å². The summed E-state index contributed by atoms with van der Waals surface area (Å²) in [6.07, 6.45) is 1.34. The zero-order valence-corrected chi connectivity index (χ0v) is 24.7. The highest BCUT2D eigenvalue weighted by molar-refractivity contribution is 6.31. The van der Waals surface area contributed by atoms with Crippen molar-refractivity contribution in [3.05, 3.63) is 71.1 Å². The Balaban J connectivity index is 1.39. The highest BCUT2D eigenvalue weighted by atomic mass is 35.5. The number of nitrogens with one attached hydrogen (secondary N) is 3. The van der Waals surface area contributed by atoms with E-state index in [-0.39, 0.29) is 49.0 Å². The van der Waals surface area contributed by atoms with Crippen LogP contribution in [0.4, 0.5) is 19.8 Å². The Bertz CT molecular complexity index is 1420. The molecule has 224 valence electrons. The van der Waals surface area contributed by atoms with Gasteiger partial charge in [-0.2, -0.15) is 0 Å². The molecule has 3 aromatic rings. The quantitative estimate of drug-likeness (QED) is 0.327. The molecule has 0 bridgehead atoms. The Morgan fingerprint density at radius 3 is 2.60 bits per heavy atom. The second kappa shape index (κ2) is 14.3. The number of piperazine rings is 1. The summed E-state index contributed by atoms with van der Waals surface area (Å²) < 4.78 is 19.3. The van der Waals surface area contributed by atoms with Gasteiger partial charge >= 0.3 is 12.1 Å². The molecule has 0 aliphatic carbocycles. The maximum Gasteiger partial charge on any atom is 0.412 e. The van der Waals surface area contributed by atoms with E-state index in [0.717, 1.165) is 10.8 Å². The molecule has 1 aliphatic rings. The van der Waals surface area contributed by atoms with Crippen molar-refractivity contribution in [3.63, 3.8) is 0 Å². The molecule has 0 spiro atoms. The molecule has 3 N–H and O–H groups in total. The fourth-order valence-electron chi connectivity index (χ4n) is 4.98. The van der Waals surface area contributed by atoms with Crippen LogP contribution in [0.25, 0.3) is 10.8 Å². The summed E-state index contributed by atoms with van der Waals surface area (Å²) in [5, 5.41) is 10.5. The minimum absolute atomic E-state index is 0.00303. The third-order valence-electron chi connectivity index (χ3n) is 7.20. The van der Waals surface area contributed by atoms with Crippen LogP contribution in [0.2, 0.25) is 5.02 Å². The molecule has 10 nitrogen and oxygen atoms in total. The topological polar surface area (TPSA) is 116 Å². The van der Waals surface area contributed by atoms with Crippen molar-refractivity contribution in [2.24, 2.45) is 0 Å². The molecule has 4 rings (SSSR count). The number of hydrogen-bond acceptors (Lipinski definition) is 6. The third-order valence-corrected chi connectivity index (χ3v) is 7.62. The van der Waals surface area contributed by atoms with E-state index < -0.39 is 24.0 Å². The van der Waals surface area contributed by atoms with Gasteiger partial charge in [0, 0.05) is 56.8 Å². The first-order valence-corrected chi connectivity index (χ1v) is 14.2. The van der Waals surface area contributed by atoms with Crippen LogP contribution in [0.15, 0.2) is 54.7 Å². The standard InChI is InChI=1S/C30H36ClFN6O4/c1-19-16-38(17-20(2)35-19)27(39)12-11-24(37(3)29(40)34-15-23-9-6-10-25(32)28(23)31)18-42-30(41)36-26-13-21-7-4-5-8-22(21)14-33-26/h4-10,13-14,19-20,24,35H,11-12,15-18H2,1-3H3,(H,34,40)(H,33,36,41)/t19-,20+,24-/m0/s1. The van der Waals surface area contributed by atoms with Gasteiger partial charge in [0.1, 0.15) is 18.2 Å². The van der Waals surface area contributed by atoms with Crippen molar-refractivity contribution in [1.82, 2.24) is 25.4 Å². The molecule has 1 aliphatic heterocycles. The smallest absolute Gasteiger partial charge is 0.412 e. The van der Waals surface area contributed by atoms with Gasteiger partial charge in [0.15, 0.2) is 0 Å². The van der Waals surface area contributed by atoms with Crippen molar-refractivity contribution < 1.29 is 23.5 Å². The molecule has 3 atom stereocenters. The number of likely N-dealkylation sites (N-methyl/N-ethyl adjacent to an activating group) is 1. The number of carbonyl (C=O) groups is 3. The fourth-order valence-corrected chi connectivity index (χ4v) is 5.17. The summed E-state index contributed by atoms with van der Waals surface area (Å²) in [6, 6.07) is 13.0. The number of aromatic nitrogens is 1. The second-order valence-corrected chi connectivity index (χ2v) is 11.0. The van der Waals surface area contributed by atoms with E-state index in [2.05, 4.69) is 20.9 Å². The predicted octanol–water partition coefficient (Wildman–Crippen LogP) is 4.78. The summed E-state index contributed by atoms with van der Waals surface area (Å²) in [4.78, 5) is 46.2. The van der Waals surface area contributed by atoms with Gasteiger partial charge in [-0.05, 0) is 43.4 Å². The number of fused-ring (bicyclic) bond motifs is 1. The average molecular weight is 599 g/mol. The highest BCUT2D eigenvalue weighted by Crippen LogP contribution is 2.20. The number of benzene rings is 2. The van der Waals surface area contributed by atoms with Crippen molar-refractivity contribution in [2.75, 3.05) is 32.1 Å². The van der Waals surface area contributed by atoms with Crippen LogP contribution < -0.4 is 16.0 Å². The van der Waals surface area contributed by atoms with Crippen molar-refractivity contribution >= 4 is 46.2 Å². The zero-order chi connectivity index (χ0) is 30.2. The number of halogens is 2. The van der Waals surface area contributed by atoms with E-state index in [1.54, 1.807) is 25.4 Å². The Kier molecular flexibility index (Phi) is 10.5. The van der Waals surface area contributed by atoms with Crippen LogP contribution in [0, 0.1) is 5.82 Å². The summed E-state index contributed by atoms with van der Waals surface area (Å²) in [5.41, 5.74) is 0.422. The van der Waals surface area contributed by atoms with Gasteiger partial charge in [0.25, 0.3) is 0 Å². The number of urea groups is 1. The molecule has 1 aromatic heterocycles. The zero-order valence-electron chi connectivity index (χ0n) is 23.9. The largest absolute Gasteiger partial charge is 0.447 e. The van der Waals surface area contributed by atoms with Gasteiger partial charge in [-0.25, -0.2) is 19.0 Å². The number of anilines is 1. The van der Waals surface area contributed by atoms with E-state index >= 15 is 0 Å². The molecule has 4 amide bonds. The molecule has 0 saturated carbocycles. The number of hydrogen-bond donors (Lipinski definition) is 3. The summed E-state index contributed by atoms with van der Waals surface area (Å²) >= 11 is 6.02. The monoisotopic (exact) mass is 598 g/mol. The lowest BCUT2D eigenvalue weighted by atomic mass is 10.1. The van der Waals surface area contributed by atoms with Crippen LogP contribution in [0.3, 0.4) is 0 Å². The average Bonchev–Trinajstić information content (AvgIpc) is 2.96. The number of pyridine rings is 1. The van der Waals surface area contributed by atoms with Gasteiger partial charge in [-0.1, -0.05) is 48.0 Å². The Hall–Kier alpha value is -3.96. The van der Waals surface area contributed by atoms with Gasteiger partial charge in [0.2, 0.25) is 5.91 Å². The van der Waals surface area contributed by atoms with Gasteiger partial charge < -0.3 is 25.2 Å². The summed E-state index contributed by atoms with van der Waals surface area (Å²) in [7, 11) is 1.55. The van der Waals surface area contributed by atoms with E-state index in [0.29, 0.717) is 24.5 Å². The summed E-state index contributed by atoms with van der Waals surface area (Å²) in [6.45, 7) is 5.08. The molecule has 1 saturated heterocycles. The Labute approximate surface area is 249 Å². The lowest BCUT2D eigenvalue weighted by Gasteiger charge is -2.36. The molecule has 2 aromatic carbocycles. The van der Waals surface area contributed by atoms with E-state index in [1.165, 1.54) is 17.0 Å². The van der Waals surface area contributed by atoms with E-state index in [4.69, 9.17) is 16.3 Å². The molecule has 0 radical (unpaired) electrons. The SMILES string of the molecule is C[C@@H]1CN(C(=O)CC[C@@H](COC(=O)Nc2cc3ccccc3cn2)N(C)C(=O)NCc2cccc(F)c2Cl)C[C@H](C)N1. The first kappa shape index (κ1) is 31.0. The first-order chi connectivity index (χ1) is 20.1. The minimum Gasteiger partial charge on any atom is -0.447 e. The second-order valence-electron chi connectivity index (χ2n) is 10.6. The number of ether oxygens (including phenoxy) is 1. The van der Waals surface area contributed by atoms with Gasteiger partial charge in [0.05, 0.1) is 11.1 Å². The van der Waals surface area contributed by atoms with E-state index in [1.807, 2.05) is 43.0 Å². The van der Waals surface area contributed by atoms with Crippen molar-refractivity contribution in [2.45, 2.75) is 51.4 Å². The number of amides is 4. The van der Waals surface area contributed by atoms with Crippen molar-refractivity contribution in [1.29, 1.82) is 0 Å². The predicted molar refractivity (Wildman–Crippen MR) is 160 cm³/mol. The lowest BCUT2D eigenvalue weighted by molar-refractivity contribution is -0.133. The van der Waals surface area contributed by atoms with Crippen LogP contribution in [0.5, 0.6) is 0 Å². The maximum atomic E-state index is 13.8. The Morgan fingerprint density at radius 1 is 1.14 bits per heavy atom. The summed E-state index contributed by atoms with van der Waals surface area (Å²) in [5.74, 6) is -0.291. The van der Waals surface area contributed by atoms with Crippen LogP contribution >= 0.6 is 11.6 Å². The fraction of sp³-hybridized carbons (Fsp3) is 0.400. The number of rotatable bonds is 9. The van der Waals surface area contributed by atoms with Gasteiger partial charge in [-0.15, -0.1) is 0 Å². The van der Waals surface area contributed by atoms with Crippen LogP contribution in [-0.4, -0.2) is 77.7 Å². The van der Waals surface area contributed by atoms with Crippen molar-refractivity contribution in [3.8, 4) is 0 Å². The molecule has 1 fully saturated rings. The third kappa shape index (κ3) is 8.29. The lowest BCUT2D eigenvalue weighted by Crippen LogP contribution is -2.56. The molecule has 0 unspecified atom stereocenters. The van der Waals surface area contributed by atoms with Crippen LogP contribution in [-0.2, 0) is 16.1 Å². The normalized spacial score (nSPS) is 17.4. The molecular formula is C30H36ClFN6O4. The highest BCUT2D eigenvalue weighted by Gasteiger charge is 2.27. The number of carbonyl (C=O) groups excluding carboxylic acids is 3. The molecule has 2 heterocycles. The Morgan fingerprint density at radius 2 is 1.86 bits per heavy atom. The molecule has 12 heteroatoms. The molecular weight excluding hydrogens is 563 g/mol. The first-order valence-electron chi connectivity index (χ1n) is 13.9. The maximum absolute atomic E-state index is 13.8. The van der Waals surface area contributed by atoms with Crippen LogP contribution in [0.1, 0.15) is 32.3 Å². The molecule has 42 heavy (non-hydrogen) atoms. The minimum atomic E-state index is -0.737. The number of nitrogens with zero attached hydrogens (tertiary/aromatic N) is 3.